The topological polar surface area (TPSA) is 41.7 Å². The molecule has 0 unspecified atom stereocenters. The molecule has 0 bridgehead atoms. The van der Waals surface area contributed by atoms with Crippen molar-refractivity contribution in [1.29, 1.82) is 0 Å². The summed E-state index contributed by atoms with van der Waals surface area (Å²) in [5, 5.41) is 0. The quantitative estimate of drug-likeness (QED) is 0.848. The second-order valence-electron chi connectivity index (χ2n) is 5.81. The lowest BCUT2D eigenvalue weighted by Crippen LogP contribution is -2.49. The number of benzene rings is 1. The van der Waals surface area contributed by atoms with Crippen molar-refractivity contribution < 1.29 is 9.13 Å². The van der Waals surface area contributed by atoms with Crippen LogP contribution in [0.3, 0.4) is 0 Å². The molecule has 1 fully saturated rings. The molecule has 4 nitrogen and oxygen atoms in total. The number of rotatable bonds is 5. The summed E-state index contributed by atoms with van der Waals surface area (Å²) in [6.45, 7) is 10.7. The number of ether oxygens (including phenoxy) is 1. The van der Waals surface area contributed by atoms with Gasteiger partial charge in [-0.3, -0.25) is 4.90 Å². The van der Waals surface area contributed by atoms with Crippen molar-refractivity contribution in [2.45, 2.75) is 33.2 Å². The minimum atomic E-state index is -0.384. The molecule has 0 atom stereocenters. The molecule has 0 spiro atoms. The normalized spacial score (nSPS) is 16.5. The van der Waals surface area contributed by atoms with Crippen LogP contribution in [0, 0.1) is 5.82 Å². The monoisotopic (exact) mass is 295 g/mol. The molecule has 0 amide bonds. The summed E-state index contributed by atoms with van der Waals surface area (Å²) in [6.07, 6.45) is 0.853. The Morgan fingerprint density at radius 2 is 1.90 bits per heavy atom. The fourth-order valence-corrected chi connectivity index (χ4v) is 2.63. The first kappa shape index (κ1) is 15.9. The Morgan fingerprint density at radius 3 is 2.48 bits per heavy atom. The van der Waals surface area contributed by atoms with Crippen LogP contribution in [0.4, 0.5) is 15.8 Å². The summed E-state index contributed by atoms with van der Waals surface area (Å²) in [7, 11) is 0. The zero-order valence-electron chi connectivity index (χ0n) is 13.2. The summed E-state index contributed by atoms with van der Waals surface area (Å²) in [4.78, 5) is 4.65. The molecule has 1 aliphatic heterocycles. The van der Waals surface area contributed by atoms with Gasteiger partial charge in [-0.15, -0.1) is 0 Å². The van der Waals surface area contributed by atoms with Crippen molar-refractivity contribution in [3.63, 3.8) is 0 Å². The molecule has 1 aromatic carbocycles. The van der Waals surface area contributed by atoms with Crippen LogP contribution in [0.1, 0.15) is 27.2 Å². The van der Waals surface area contributed by atoms with Gasteiger partial charge in [0.05, 0.1) is 18.0 Å². The fourth-order valence-electron chi connectivity index (χ4n) is 2.63. The lowest BCUT2D eigenvalue weighted by molar-refractivity contribution is 0.209. The lowest BCUT2D eigenvalue weighted by Gasteiger charge is -2.38. The van der Waals surface area contributed by atoms with E-state index in [0.717, 1.165) is 38.3 Å². The molecule has 1 saturated heterocycles. The molecule has 1 aliphatic rings. The van der Waals surface area contributed by atoms with Crippen LogP contribution < -0.4 is 15.4 Å². The third-order valence-corrected chi connectivity index (χ3v) is 3.93. The predicted molar refractivity (Wildman–Crippen MR) is 85.5 cm³/mol. The second-order valence-corrected chi connectivity index (χ2v) is 5.81. The Labute approximate surface area is 126 Å². The second kappa shape index (κ2) is 6.98. The van der Waals surface area contributed by atoms with Crippen molar-refractivity contribution in [2.24, 2.45) is 0 Å². The first-order valence-electron chi connectivity index (χ1n) is 7.73. The Kier molecular flexibility index (Phi) is 5.28. The first-order valence-corrected chi connectivity index (χ1v) is 7.73. The third kappa shape index (κ3) is 3.79. The van der Waals surface area contributed by atoms with Gasteiger partial charge in [0.15, 0.2) is 11.6 Å². The third-order valence-electron chi connectivity index (χ3n) is 3.93. The maximum atomic E-state index is 13.9. The van der Waals surface area contributed by atoms with Crippen LogP contribution in [-0.2, 0) is 0 Å². The van der Waals surface area contributed by atoms with Crippen LogP contribution in [0.5, 0.6) is 5.75 Å². The van der Waals surface area contributed by atoms with E-state index < -0.39 is 0 Å². The van der Waals surface area contributed by atoms with Gasteiger partial charge in [0, 0.05) is 44.4 Å². The highest BCUT2D eigenvalue weighted by Gasteiger charge is 2.21. The van der Waals surface area contributed by atoms with Crippen LogP contribution in [-0.4, -0.2) is 43.7 Å². The Hall–Kier alpha value is -1.49. The highest BCUT2D eigenvalue weighted by atomic mass is 19.1. The van der Waals surface area contributed by atoms with E-state index in [1.165, 1.54) is 6.07 Å². The number of halogens is 1. The van der Waals surface area contributed by atoms with E-state index in [-0.39, 0.29) is 5.82 Å². The molecule has 118 valence electrons. The number of nitrogens with two attached hydrogens (primary N) is 1. The SMILES string of the molecule is CCCOc1cc(N2CCN(C(C)C)CC2)c(N)cc1F. The van der Waals surface area contributed by atoms with Crippen LogP contribution in [0.2, 0.25) is 0 Å². The number of hydrogen-bond donors (Lipinski definition) is 1. The van der Waals surface area contributed by atoms with Crippen molar-refractivity contribution in [1.82, 2.24) is 4.90 Å². The number of hydrogen-bond acceptors (Lipinski definition) is 4. The van der Waals surface area contributed by atoms with E-state index in [2.05, 4.69) is 23.6 Å². The number of nitrogens with zero attached hydrogens (tertiary/aromatic N) is 2. The molecule has 1 aromatic rings. The van der Waals surface area contributed by atoms with Gasteiger partial charge in [0.2, 0.25) is 0 Å². The molecule has 0 saturated carbocycles. The Bertz CT molecular complexity index is 471. The number of anilines is 2. The summed E-state index contributed by atoms with van der Waals surface area (Å²) in [5.41, 5.74) is 7.35. The molecular weight excluding hydrogens is 269 g/mol. The lowest BCUT2D eigenvalue weighted by atomic mass is 10.2. The highest BCUT2D eigenvalue weighted by Crippen LogP contribution is 2.32. The molecular formula is C16H26FN3O. The molecule has 1 heterocycles. The zero-order valence-corrected chi connectivity index (χ0v) is 13.2. The molecule has 5 heteroatoms. The smallest absolute Gasteiger partial charge is 0.167 e. The van der Waals surface area contributed by atoms with Crippen LogP contribution in [0.15, 0.2) is 12.1 Å². The summed E-state index contributed by atoms with van der Waals surface area (Å²) in [6, 6.07) is 3.67. The van der Waals surface area contributed by atoms with E-state index in [1.807, 2.05) is 6.92 Å². The van der Waals surface area contributed by atoms with Crippen molar-refractivity contribution in [3.05, 3.63) is 17.9 Å². The van der Waals surface area contributed by atoms with Gasteiger partial charge in [-0.05, 0) is 20.3 Å². The van der Waals surface area contributed by atoms with Crippen LogP contribution in [0.25, 0.3) is 0 Å². The van der Waals surface area contributed by atoms with Gasteiger partial charge < -0.3 is 15.4 Å². The highest BCUT2D eigenvalue weighted by molar-refractivity contribution is 5.70. The van der Waals surface area contributed by atoms with Crippen molar-refractivity contribution in [2.75, 3.05) is 43.4 Å². The Balaban J connectivity index is 2.12. The minimum Gasteiger partial charge on any atom is -0.490 e. The summed E-state index contributed by atoms with van der Waals surface area (Å²) < 4.78 is 19.3. The van der Waals surface area contributed by atoms with E-state index in [0.29, 0.717) is 24.1 Å². The zero-order chi connectivity index (χ0) is 15.4. The first-order chi connectivity index (χ1) is 10.0. The van der Waals surface area contributed by atoms with E-state index >= 15 is 0 Å². The molecule has 0 aliphatic carbocycles. The van der Waals surface area contributed by atoms with Crippen LogP contribution >= 0.6 is 0 Å². The standard InChI is InChI=1S/C16H26FN3O/c1-4-9-21-16-11-15(14(18)10-13(16)17)20-7-5-19(6-8-20)12(2)3/h10-12H,4-9,18H2,1-3H3. The van der Waals surface area contributed by atoms with E-state index in [9.17, 15) is 4.39 Å². The maximum absolute atomic E-state index is 13.9. The predicted octanol–water partition coefficient (Wildman–Crippen LogP) is 2.73. The minimum absolute atomic E-state index is 0.298. The summed E-state index contributed by atoms with van der Waals surface area (Å²) >= 11 is 0. The van der Waals surface area contributed by atoms with E-state index in [1.54, 1.807) is 6.07 Å². The largest absolute Gasteiger partial charge is 0.490 e. The molecule has 0 radical (unpaired) electrons. The average Bonchev–Trinajstić information content (AvgIpc) is 2.46. The average molecular weight is 295 g/mol. The molecule has 0 aromatic heterocycles. The van der Waals surface area contributed by atoms with Gasteiger partial charge in [-0.25, -0.2) is 4.39 Å². The summed E-state index contributed by atoms with van der Waals surface area (Å²) in [5.74, 6) is -0.0853. The van der Waals surface area contributed by atoms with Gasteiger partial charge in [-0.1, -0.05) is 6.92 Å². The van der Waals surface area contributed by atoms with Gasteiger partial charge >= 0.3 is 0 Å². The number of nitrogen functional groups attached to an aromatic ring is 1. The van der Waals surface area contributed by atoms with Gasteiger partial charge in [-0.2, -0.15) is 0 Å². The Morgan fingerprint density at radius 1 is 1.24 bits per heavy atom. The van der Waals surface area contributed by atoms with Gasteiger partial charge in [0.1, 0.15) is 0 Å². The molecule has 2 N–H and O–H groups in total. The van der Waals surface area contributed by atoms with Crippen molar-refractivity contribution in [3.8, 4) is 5.75 Å². The van der Waals surface area contributed by atoms with E-state index in [4.69, 9.17) is 10.5 Å². The molecule has 2 rings (SSSR count). The maximum Gasteiger partial charge on any atom is 0.167 e. The molecule has 21 heavy (non-hydrogen) atoms. The van der Waals surface area contributed by atoms with Crippen molar-refractivity contribution >= 4 is 11.4 Å². The number of piperazine rings is 1. The van der Waals surface area contributed by atoms with Gasteiger partial charge in [0.25, 0.3) is 0 Å². The fraction of sp³-hybridized carbons (Fsp3) is 0.625.